The van der Waals surface area contributed by atoms with E-state index in [0.29, 0.717) is 31.6 Å². The minimum absolute atomic E-state index is 0.0816. The molecule has 0 aliphatic heterocycles. The second-order valence-corrected chi connectivity index (χ2v) is 9.39. The molecule has 0 atom stereocenters. The first-order valence-corrected chi connectivity index (χ1v) is 12.2. The normalized spacial score (nSPS) is 11.2. The van der Waals surface area contributed by atoms with Crippen LogP contribution < -0.4 is 5.43 Å². The smallest absolute Gasteiger partial charge is 0.250 e. The average Bonchev–Trinajstić information content (AvgIpc) is 3.24. The van der Waals surface area contributed by atoms with Gasteiger partial charge < -0.3 is 0 Å². The summed E-state index contributed by atoms with van der Waals surface area (Å²) >= 11 is 19.5. The SMILES string of the molecule is Cc1ccc(-n2c(SCC(=O)NN=Cc3c(Cl)cccc3Cl)nnc2-c2ccc(Cl)cc2)cc1. The van der Waals surface area contributed by atoms with E-state index < -0.39 is 0 Å². The van der Waals surface area contributed by atoms with E-state index in [9.17, 15) is 4.79 Å². The Hall–Kier alpha value is -2.84. The van der Waals surface area contributed by atoms with Crippen LogP contribution in [0.25, 0.3) is 17.1 Å². The summed E-state index contributed by atoms with van der Waals surface area (Å²) in [5, 5.41) is 14.8. The van der Waals surface area contributed by atoms with Gasteiger partial charge in [-0.3, -0.25) is 9.36 Å². The van der Waals surface area contributed by atoms with Crippen LogP contribution in [-0.2, 0) is 4.79 Å². The third-order valence-corrected chi connectivity index (χ3v) is 6.58. The number of nitrogens with zero attached hydrogens (tertiary/aromatic N) is 4. The number of carbonyl (C=O) groups is 1. The van der Waals surface area contributed by atoms with E-state index in [2.05, 4.69) is 20.7 Å². The molecular formula is C24H18Cl3N5OS. The maximum Gasteiger partial charge on any atom is 0.250 e. The Kier molecular flexibility index (Phi) is 7.90. The zero-order chi connectivity index (χ0) is 24.1. The largest absolute Gasteiger partial charge is 0.272 e. The lowest BCUT2D eigenvalue weighted by atomic mass is 10.2. The summed E-state index contributed by atoms with van der Waals surface area (Å²) in [7, 11) is 0. The first-order valence-electron chi connectivity index (χ1n) is 10.1. The quantitative estimate of drug-likeness (QED) is 0.169. The van der Waals surface area contributed by atoms with E-state index in [1.165, 1.54) is 18.0 Å². The first-order chi connectivity index (χ1) is 16.4. The van der Waals surface area contributed by atoms with Crippen molar-refractivity contribution in [1.82, 2.24) is 20.2 Å². The number of thioether (sulfide) groups is 1. The van der Waals surface area contributed by atoms with Crippen molar-refractivity contribution in [3.63, 3.8) is 0 Å². The molecule has 10 heteroatoms. The van der Waals surface area contributed by atoms with Crippen molar-refractivity contribution in [3.05, 3.63) is 92.9 Å². The van der Waals surface area contributed by atoms with Crippen molar-refractivity contribution >= 4 is 58.7 Å². The molecule has 1 amide bonds. The lowest BCUT2D eigenvalue weighted by molar-refractivity contribution is -0.118. The topological polar surface area (TPSA) is 72.2 Å². The van der Waals surface area contributed by atoms with Crippen molar-refractivity contribution in [2.24, 2.45) is 5.10 Å². The van der Waals surface area contributed by atoms with Crippen LogP contribution in [0.1, 0.15) is 11.1 Å². The monoisotopic (exact) mass is 529 g/mol. The molecule has 4 aromatic rings. The van der Waals surface area contributed by atoms with Gasteiger partial charge in [0.1, 0.15) is 0 Å². The fourth-order valence-corrected chi connectivity index (χ4v) is 4.41. The Bertz CT molecular complexity index is 1320. The molecule has 0 radical (unpaired) electrons. The summed E-state index contributed by atoms with van der Waals surface area (Å²) in [6.07, 6.45) is 1.42. The number of nitrogens with one attached hydrogen (secondary N) is 1. The standard InChI is InChI=1S/C24H18Cl3N5OS/c1-15-5-11-18(12-6-15)32-23(16-7-9-17(25)10-8-16)30-31-24(32)34-14-22(33)29-28-13-19-20(26)3-2-4-21(19)27/h2-13H,14H2,1H3,(H,29,33). The van der Waals surface area contributed by atoms with Crippen LogP contribution in [0.3, 0.4) is 0 Å². The first kappa shape index (κ1) is 24.3. The summed E-state index contributed by atoms with van der Waals surface area (Å²) in [6, 6.07) is 20.5. The highest BCUT2D eigenvalue weighted by Gasteiger charge is 2.17. The van der Waals surface area contributed by atoms with E-state index in [-0.39, 0.29) is 11.7 Å². The molecule has 0 aliphatic rings. The molecule has 172 valence electrons. The van der Waals surface area contributed by atoms with Crippen LogP contribution in [0.15, 0.2) is 77.0 Å². The molecule has 1 heterocycles. The predicted molar refractivity (Wildman–Crippen MR) is 139 cm³/mol. The molecule has 1 aromatic heterocycles. The Morgan fingerprint density at radius 2 is 1.68 bits per heavy atom. The van der Waals surface area contributed by atoms with Gasteiger partial charge in [0.25, 0.3) is 5.91 Å². The number of hydrogen-bond acceptors (Lipinski definition) is 5. The van der Waals surface area contributed by atoms with Gasteiger partial charge in [-0.15, -0.1) is 10.2 Å². The number of hydrazone groups is 1. The van der Waals surface area contributed by atoms with Gasteiger partial charge in [-0.25, -0.2) is 5.43 Å². The minimum Gasteiger partial charge on any atom is -0.272 e. The van der Waals surface area contributed by atoms with Crippen LogP contribution in [-0.4, -0.2) is 32.6 Å². The molecule has 1 N–H and O–H groups in total. The number of carbonyl (C=O) groups excluding carboxylic acids is 1. The van der Waals surface area contributed by atoms with Crippen molar-refractivity contribution < 1.29 is 4.79 Å². The summed E-state index contributed by atoms with van der Waals surface area (Å²) in [5.41, 5.74) is 5.90. The predicted octanol–water partition coefficient (Wildman–Crippen LogP) is 6.45. The van der Waals surface area contributed by atoms with Crippen LogP contribution in [0.5, 0.6) is 0 Å². The molecule has 0 spiro atoms. The summed E-state index contributed by atoms with van der Waals surface area (Å²) < 4.78 is 1.91. The van der Waals surface area contributed by atoms with Gasteiger partial charge in [-0.05, 0) is 55.5 Å². The fraction of sp³-hybridized carbons (Fsp3) is 0.0833. The third kappa shape index (κ3) is 5.80. The van der Waals surface area contributed by atoms with Crippen LogP contribution in [0.2, 0.25) is 15.1 Å². The summed E-state index contributed by atoms with van der Waals surface area (Å²) in [6.45, 7) is 2.02. The Labute approximate surface area is 215 Å². The number of amides is 1. The van der Waals surface area contributed by atoms with Gasteiger partial charge in [0, 0.05) is 21.8 Å². The maximum absolute atomic E-state index is 12.4. The molecular weight excluding hydrogens is 513 g/mol. The number of halogens is 3. The lowest BCUT2D eigenvalue weighted by Gasteiger charge is -2.10. The van der Waals surface area contributed by atoms with Gasteiger partial charge in [0.15, 0.2) is 11.0 Å². The highest BCUT2D eigenvalue weighted by atomic mass is 35.5. The van der Waals surface area contributed by atoms with Crippen LogP contribution >= 0.6 is 46.6 Å². The molecule has 4 rings (SSSR count). The van der Waals surface area contributed by atoms with Gasteiger partial charge >= 0.3 is 0 Å². The Morgan fingerprint density at radius 3 is 2.35 bits per heavy atom. The van der Waals surface area contributed by atoms with Crippen molar-refractivity contribution in [3.8, 4) is 17.1 Å². The number of rotatable bonds is 7. The van der Waals surface area contributed by atoms with E-state index in [4.69, 9.17) is 34.8 Å². The molecule has 0 unspecified atom stereocenters. The van der Waals surface area contributed by atoms with E-state index in [1.54, 1.807) is 30.3 Å². The molecule has 0 aliphatic carbocycles. The summed E-state index contributed by atoms with van der Waals surface area (Å²) in [5.74, 6) is 0.420. The molecule has 0 bridgehead atoms. The third-order valence-electron chi connectivity index (χ3n) is 4.74. The van der Waals surface area contributed by atoms with Crippen LogP contribution in [0, 0.1) is 6.92 Å². The fourth-order valence-electron chi connectivity index (χ4n) is 3.04. The molecule has 6 nitrogen and oxygen atoms in total. The molecule has 3 aromatic carbocycles. The average molecular weight is 531 g/mol. The van der Waals surface area contributed by atoms with Gasteiger partial charge in [-0.1, -0.05) is 70.3 Å². The molecule has 0 fully saturated rings. The Balaban J connectivity index is 1.52. The maximum atomic E-state index is 12.4. The number of benzene rings is 3. The van der Waals surface area contributed by atoms with E-state index in [1.807, 2.05) is 47.9 Å². The van der Waals surface area contributed by atoms with E-state index >= 15 is 0 Å². The van der Waals surface area contributed by atoms with Gasteiger partial charge in [0.2, 0.25) is 0 Å². The lowest BCUT2D eigenvalue weighted by Crippen LogP contribution is -2.20. The highest BCUT2D eigenvalue weighted by Crippen LogP contribution is 2.29. The zero-order valence-electron chi connectivity index (χ0n) is 17.9. The number of hydrogen-bond donors (Lipinski definition) is 1. The molecule has 0 saturated carbocycles. The van der Waals surface area contributed by atoms with Crippen LogP contribution in [0.4, 0.5) is 0 Å². The van der Waals surface area contributed by atoms with Crippen molar-refractivity contribution in [2.75, 3.05) is 5.75 Å². The zero-order valence-corrected chi connectivity index (χ0v) is 21.0. The molecule has 0 saturated heterocycles. The van der Waals surface area contributed by atoms with Gasteiger partial charge in [-0.2, -0.15) is 5.10 Å². The minimum atomic E-state index is -0.309. The highest BCUT2D eigenvalue weighted by molar-refractivity contribution is 7.99. The summed E-state index contributed by atoms with van der Waals surface area (Å²) in [4.78, 5) is 12.4. The Morgan fingerprint density at radius 1 is 1.00 bits per heavy atom. The molecule has 34 heavy (non-hydrogen) atoms. The number of aromatic nitrogens is 3. The van der Waals surface area contributed by atoms with Gasteiger partial charge in [0.05, 0.1) is 22.0 Å². The second kappa shape index (κ2) is 11.1. The van der Waals surface area contributed by atoms with Crippen molar-refractivity contribution in [1.29, 1.82) is 0 Å². The van der Waals surface area contributed by atoms with Crippen molar-refractivity contribution in [2.45, 2.75) is 12.1 Å². The second-order valence-electron chi connectivity index (χ2n) is 7.20. The van der Waals surface area contributed by atoms with E-state index in [0.717, 1.165) is 16.8 Å². The number of aryl methyl sites for hydroxylation is 1.